The summed E-state index contributed by atoms with van der Waals surface area (Å²) in [5.41, 5.74) is 6.16. The highest BCUT2D eigenvalue weighted by atomic mass is 32.1. The largest absolute Gasteiger partial charge is 0.497 e. The first-order chi connectivity index (χ1) is 7.51. The molecule has 0 bridgehead atoms. The predicted molar refractivity (Wildman–Crippen MR) is 68.6 cm³/mol. The van der Waals surface area contributed by atoms with Gasteiger partial charge in [-0.15, -0.1) is 0 Å². The number of hydrogen-bond donors (Lipinski definition) is 2. The fourth-order valence-corrected chi connectivity index (χ4v) is 0.729. The summed E-state index contributed by atoms with van der Waals surface area (Å²) < 4.78 is 4.87. The molecule has 0 spiro atoms. The normalized spacial score (nSPS) is 11.1. The molecule has 0 fully saturated rings. The Kier molecular flexibility index (Phi) is 6.87. The number of hydrogen-bond acceptors (Lipinski definition) is 4. The Hall–Kier alpha value is -1.62. The van der Waals surface area contributed by atoms with Gasteiger partial charge in [0.2, 0.25) is 0 Å². The minimum absolute atomic E-state index is 0.137. The van der Waals surface area contributed by atoms with Crippen LogP contribution in [0.2, 0.25) is 0 Å². The number of thiocarbonyl (C=S) groups is 1. The van der Waals surface area contributed by atoms with Crippen molar-refractivity contribution in [1.82, 2.24) is 10.9 Å². The van der Waals surface area contributed by atoms with E-state index in [9.17, 15) is 4.79 Å². The van der Waals surface area contributed by atoms with Gasteiger partial charge in [-0.05, 0) is 19.1 Å². The van der Waals surface area contributed by atoms with E-state index in [1.54, 1.807) is 19.3 Å². The van der Waals surface area contributed by atoms with Crippen molar-refractivity contribution in [3.63, 3.8) is 0 Å². The van der Waals surface area contributed by atoms with E-state index in [1.165, 1.54) is 6.92 Å². The Morgan fingerprint density at radius 3 is 2.44 bits per heavy atom. The van der Waals surface area contributed by atoms with Gasteiger partial charge in [0.25, 0.3) is 0 Å². The monoisotopic (exact) mass is 240 g/mol. The van der Waals surface area contributed by atoms with E-state index in [0.717, 1.165) is 5.70 Å². The molecule has 2 N–H and O–H groups in total. The van der Waals surface area contributed by atoms with Crippen LogP contribution in [0.25, 0.3) is 0 Å². The number of carbonyl (C=O) groups is 1. The highest BCUT2D eigenvalue weighted by molar-refractivity contribution is 7.82. The second-order valence-electron chi connectivity index (χ2n) is 2.88. The molecule has 0 radical (unpaired) electrons. The molecule has 0 aliphatic heterocycles. The van der Waals surface area contributed by atoms with Crippen LogP contribution < -0.4 is 10.9 Å². The number of allylic oxidation sites excluding steroid dienone is 3. The van der Waals surface area contributed by atoms with E-state index in [1.807, 2.05) is 13.0 Å². The minimum Gasteiger partial charge on any atom is -0.497 e. The molecule has 0 atom stereocenters. The van der Waals surface area contributed by atoms with Crippen molar-refractivity contribution in [1.29, 1.82) is 0 Å². The van der Waals surface area contributed by atoms with Crippen LogP contribution in [0.1, 0.15) is 13.8 Å². The molecule has 0 aromatic carbocycles. The quantitative estimate of drug-likeness (QED) is 0.320. The van der Waals surface area contributed by atoms with Gasteiger partial charge in [0.1, 0.15) is 5.76 Å². The zero-order valence-electron chi connectivity index (χ0n) is 9.66. The molecule has 88 valence electrons. The number of rotatable bonds is 6. The third-order valence-corrected chi connectivity index (χ3v) is 2.05. The van der Waals surface area contributed by atoms with Crippen LogP contribution in [0.5, 0.6) is 0 Å². The van der Waals surface area contributed by atoms with Gasteiger partial charge in [-0.2, -0.15) is 0 Å². The lowest BCUT2D eigenvalue weighted by molar-refractivity contribution is -0.111. The molecular formula is C11H16N2O2S. The van der Waals surface area contributed by atoms with Crippen LogP contribution in [0.15, 0.2) is 36.3 Å². The number of methoxy groups -OCH3 is 1. The number of Topliss-reactive ketones (excluding diaryl/α,β-unsaturated/α-hetero) is 1. The van der Waals surface area contributed by atoms with Crippen LogP contribution in [0.3, 0.4) is 0 Å². The molecule has 0 amide bonds. The van der Waals surface area contributed by atoms with Crippen LogP contribution in [-0.4, -0.2) is 17.9 Å². The third-order valence-electron chi connectivity index (χ3n) is 1.66. The van der Waals surface area contributed by atoms with Gasteiger partial charge in [-0.3, -0.25) is 10.2 Å². The summed E-state index contributed by atoms with van der Waals surface area (Å²) in [4.78, 5) is 11.0. The lowest BCUT2D eigenvalue weighted by Gasteiger charge is -2.09. The maximum atomic E-state index is 10.8. The van der Waals surface area contributed by atoms with Crippen molar-refractivity contribution in [3.8, 4) is 0 Å². The number of hydrazine groups is 1. The number of carbonyl (C=O) groups excluding carboxylic acids is 1. The Morgan fingerprint density at radius 2 is 2.00 bits per heavy atom. The molecule has 0 aliphatic rings. The van der Waals surface area contributed by atoms with E-state index in [2.05, 4.69) is 17.4 Å². The first-order valence-electron chi connectivity index (χ1n) is 4.65. The van der Waals surface area contributed by atoms with Gasteiger partial charge in [0.15, 0.2) is 10.8 Å². The van der Waals surface area contributed by atoms with E-state index in [4.69, 9.17) is 17.0 Å². The van der Waals surface area contributed by atoms with Crippen molar-refractivity contribution in [2.45, 2.75) is 13.8 Å². The van der Waals surface area contributed by atoms with Crippen molar-refractivity contribution in [2.75, 3.05) is 7.11 Å². The Balaban J connectivity index is 4.24. The molecule has 0 unspecified atom stereocenters. The second-order valence-corrected chi connectivity index (χ2v) is 3.29. The van der Waals surface area contributed by atoms with E-state index < -0.39 is 0 Å². The average molecular weight is 240 g/mol. The predicted octanol–water partition coefficient (Wildman–Crippen LogP) is 1.62. The first kappa shape index (κ1) is 14.4. The smallest absolute Gasteiger partial charge is 0.188 e. The summed E-state index contributed by atoms with van der Waals surface area (Å²) >= 11 is 4.79. The fraction of sp³-hybridized carbons (Fsp3) is 0.273. The lowest BCUT2D eigenvalue weighted by atomic mass is 10.3. The molecule has 0 saturated heterocycles. The molecular weight excluding hydrogens is 224 g/mol. The van der Waals surface area contributed by atoms with Crippen LogP contribution >= 0.6 is 12.2 Å². The number of nitrogens with one attached hydrogen (secondary N) is 2. The third kappa shape index (κ3) is 5.98. The van der Waals surface area contributed by atoms with Crippen molar-refractivity contribution < 1.29 is 9.53 Å². The topological polar surface area (TPSA) is 50.4 Å². The standard InChI is InChI=1S/C11H16N2O2S/c1-5-10(7-6-8(2)15-4)12-13-11(16)9(3)14/h5-7,12H,2H2,1,3-4H3,(H,13,16)/b7-6-,10-5+. The van der Waals surface area contributed by atoms with E-state index in [0.29, 0.717) is 5.76 Å². The average Bonchev–Trinajstić information content (AvgIpc) is 2.28. The molecule has 4 nitrogen and oxygen atoms in total. The highest BCUT2D eigenvalue weighted by Crippen LogP contribution is 1.97. The molecule has 16 heavy (non-hydrogen) atoms. The summed E-state index contributed by atoms with van der Waals surface area (Å²) in [5.74, 6) is 0.346. The highest BCUT2D eigenvalue weighted by Gasteiger charge is 2.00. The molecule has 0 aliphatic carbocycles. The van der Waals surface area contributed by atoms with E-state index in [-0.39, 0.29) is 10.8 Å². The van der Waals surface area contributed by atoms with Gasteiger partial charge in [0, 0.05) is 12.6 Å². The maximum absolute atomic E-state index is 10.8. The zero-order chi connectivity index (χ0) is 12.6. The second kappa shape index (κ2) is 7.64. The lowest BCUT2D eigenvalue weighted by Crippen LogP contribution is -2.38. The van der Waals surface area contributed by atoms with Gasteiger partial charge in [-0.25, -0.2) is 0 Å². The van der Waals surface area contributed by atoms with Crippen molar-refractivity contribution >= 4 is 23.0 Å². The zero-order valence-corrected chi connectivity index (χ0v) is 10.5. The van der Waals surface area contributed by atoms with Crippen LogP contribution in [0, 0.1) is 0 Å². The number of ketones is 1. The molecule has 0 heterocycles. The summed E-state index contributed by atoms with van der Waals surface area (Å²) in [6, 6.07) is 0. The molecule has 5 heteroatoms. The SMILES string of the molecule is C=C(/C=C\C(=C/C)NNC(=S)C(C)=O)OC. The summed E-state index contributed by atoms with van der Waals surface area (Å²) in [6.45, 7) is 6.88. The molecule has 0 rings (SSSR count). The van der Waals surface area contributed by atoms with Gasteiger partial charge in [0.05, 0.1) is 7.11 Å². The van der Waals surface area contributed by atoms with Crippen molar-refractivity contribution in [3.05, 3.63) is 36.3 Å². The maximum Gasteiger partial charge on any atom is 0.188 e. The summed E-state index contributed by atoms with van der Waals surface area (Å²) in [7, 11) is 1.54. The summed E-state index contributed by atoms with van der Waals surface area (Å²) in [5, 5.41) is 0. The Bertz CT molecular complexity index is 346. The number of ether oxygens (including phenoxy) is 1. The molecule has 0 aromatic heterocycles. The van der Waals surface area contributed by atoms with Crippen LogP contribution in [0.4, 0.5) is 0 Å². The molecule has 0 aromatic rings. The Morgan fingerprint density at radius 1 is 1.38 bits per heavy atom. The van der Waals surface area contributed by atoms with Crippen molar-refractivity contribution in [2.24, 2.45) is 0 Å². The Labute approximate surface area is 101 Å². The van der Waals surface area contributed by atoms with Gasteiger partial charge < -0.3 is 10.2 Å². The first-order valence-corrected chi connectivity index (χ1v) is 5.06. The minimum atomic E-state index is -0.191. The van der Waals surface area contributed by atoms with Crippen LogP contribution in [-0.2, 0) is 9.53 Å². The molecule has 0 saturated carbocycles. The van der Waals surface area contributed by atoms with Gasteiger partial charge in [-0.1, -0.05) is 24.9 Å². The van der Waals surface area contributed by atoms with E-state index >= 15 is 0 Å². The summed E-state index contributed by atoms with van der Waals surface area (Å²) in [6.07, 6.45) is 5.26. The van der Waals surface area contributed by atoms with Gasteiger partial charge >= 0.3 is 0 Å². The fourth-order valence-electron chi connectivity index (χ4n) is 0.678.